The molecular weight excluding hydrogens is 386 g/mol. The van der Waals surface area contributed by atoms with Crippen LogP contribution in [0.5, 0.6) is 0 Å². The maximum atomic E-state index is 12.2. The second-order valence-electron chi connectivity index (χ2n) is 7.51. The Morgan fingerprint density at radius 3 is 2.48 bits per heavy atom. The Labute approximate surface area is 173 Å². The van der Waals surface area contributed by atoms with Gasteiger partial charge in [0.1, 0.15) is 0 Å². The van der Waals surface area contributed by atoms with Gasteiger partial charge in [0.2, 0.25) is 0 Å². The van der Waals surface area contributed by atoms with Gasteiger partial charge in [-0.25, -0.2) is 13.2 Å². The number of hydrogen-bond donors (Lipinski definition) is 2. The number of aryl methyl sites for hydroxylation is 1. The van der Waals surface area contributed by atoms with Crippen molar-refractivity contribution in [3.8, 4) is 0 Å². The van der Waals surface area contributed by atoms with E-state index in [2.05, 4.69) is 21.6 Å². The number of carbonyl (C=O) groups is 1. The molecule has 1 heterocycles. The molecular formula is C22H29N3O3S. The molecule has 1 saturated heterocycles. The van der Waals surface area contributed by atoms with Crippen LogP contribution in [0.25, 0.3) is 0 Å². The number of carbonyl (C=O) groups excluding carboxylic acids is 1. The van der Waals surface area contributed by atoms with Crippen molar-refractivity contribution in [2.75, 3.05) is 35.6 Å². The first-order valence-corrected chi connectivity index (χ1v) is 11.9. The fourth-order valence-electron chi connectivity index (χ4n) is 3.52. The molecule has 0 radical (unpaired) electrons. The molecule has 2 aromatic carbocycles. The van der Waals surface area contributed by atoms with Gasteiger partial charge >= 0.3 is 6.03 Å². The standard InChI is InChI=1S/C22H29N3O3S/c1-18-16-20(25-13-5-6-14-25)10-11-21(18)24-22(26)23-12-7-15-29(27,28)17-19-8-3-2-4-9-19/h2-4,8-11,16H,5-7,12-15,17H2,1H3,(H2,23,24,26). The highest BCUT2D eigenvalue weighted by Gasteiger charge is 2.14. The van der Waals surface area contributed by atoms with Crippen LogP contribution < -0.4 is 15.5 Å². The number of anilines is 2. The van der Waals surface area contributed by atoms with Crippen LogP contribution >= 0.6 is 0 Å². The molecule has 2 amide bonds. The highest BCUT2D eigenvalue weighted by Crippen LogP contribution is 2.25. The number of rotatable bonds is 8. The first-order chi connectivity index (χ1) is 13.9. The second kappa shape index (κ2) is 9.78. The highest BCUT2D eigenvalue weighted by atomic mass is 32.2. The lowest BCUT2D eigenvalue weighted by atomic mass is 10.1. The highest BCUT2D eigenvalue weighted by molar-refractivity contribution is 7.90. The maximum Gasteiger partial charge on any atom is 0.319 e. The van der Waals surface area contributed by atoms with E-state index in [1.807, 2.05) is 37.3 Å². The van der Waals surface area contributed by atoms with Gasteiger partial charge in [0.25, 0.3) is 0 Å². The van der Waals surface area contributed by atoms with Crippen LogP contribution in [0, 0.1) is 6.92 Å². The summed E-state index contributed by atoms with van der Waals surface area (Å²) in [4.78, 5) is 14.5. The summed E-state index contributed by atoms with van der Waals surface area (Å²) in [6.45, 7) is 4.45. The maximum absolute atomic E-state index is 12.2. The fraction of sp³-hybridized carbons (Fsp3) is 0.409. The summed E-state index contributed by atoms with van der Waals surface area (Å²) >= 11 is 0. The molecule has 0 saturated carbocycles. The summed E-state index contributed by atoms with van der Waals surface area (Å²) in [6, 6.07) is 14.9. The molecule has 1 aliphatic heterocycles. The zero-order chi connectivity index (χ0) is 20.7. The average molecular weight is 416 g/mol. The van der Waals surface area contributed by atoms with E-state index in [9.17, 15) is 13.2 Å². The number of nitrogens with zero attached hydrogens (tertiary/aromatic N) is 1. The molecule has 156 valence electrons. The minimum Gasteiger partial charge on any atom is -0.372 e. The van der Waals surface area contributed by atoms with Crippen molar-refractivity contribution in [3.05, 3.63) is 59.7 Å². The van der Waals surface area contributed by atoms with Crippen molar-refractivity contribution in [2.45, 2.75) is 31.9 Å². The monoisotopic (exact) mass is 415 g/mol. The van der Waals surface area contributed by atoms with Crippen LogP contribution in [-0.2, 0) is 15.6 Å². The molecule has 0 aliphatic carbocycles. The summed E-state index contributed by atoms with van der Waals surface area (Å²) in [6.07, 6.45) is 2.83. The minimum atomic E-state index is -3.19. The van der Waals surface area contributed by atoms with Gasteiger partial charge in [0.15, 0.2) is 9.84 Å². The van der Waals surface area contributed by atoms with Crippen LogP contribution in [0.4, 0.5) is 16.2 Å². The first-order valence-electron chi connectivity index (χ1n) is 10.1. The Balaban J connectivity index is 1.42. The smallest absolute Gasteiger partial charge is 0.319 e. The number of sulfone groups is 1. The lowest BCUT2D eigenvalue weighted by molar-refractivity contribution is 0.252. The molecule has 2 aromatic rings. The van der Waals surface area contributed by atoms with Gasteiger partial charge in [-0.3, -0.25) is 0 Å². The predicted molar refractivity (Wildman–Crippen MR) is 118 cm³/mol. The zero-order valence-corrected chi connectivity index (χ0v) is 17.7. The molecule has 0 spiro atoms. The molecule has 0 bridgehead atoms. The third-order valence-corrected chi connectivity index (χ3v) is 6.76. The Morgan fingerprint density at radius 2 is 1.79 bits per heavy atom. The molecule has 1 aliphatic rings. The van der Waals surface area contributed by atoms with Crippen LogP contribution in [-0.4, -0.2) is 39.8 Å². The van der Waals surface area contributed by atoms with E-state index in [4.69, 9.17) is 0 Å². The van der Waals surface area contributed by atoms with E-state index >= 15 is 0 Å². The lowest BCUT2D eigenvalue weighted by Crippen LogP contribution is -2.30. The number of nitrogens with one attached hydrogen (secondary N) is 2. The molecule has 3 rings (SSSR count). The van der Waals surface area contributed by atoms with E-state index < -0.39 is 9.84 Å². The average Bonchev–Trinajstić information content (AvgIpc) is 3.22. The third-order valence-electron chi connectivity index (χ3n) is 5.08. The van der Waals surface area contributed by atoms with Crippen LogP contribution in [0.3, 0.4) is 0 Å². The van der Waals surface area contributed by atoms with Crippen molar-refractivity contribution in [1.29, 1.82) is 0 Å². The fourth-order valence-corrected chi connectivity index (χ4v) is 4.95. The second-order valence-corrected chi connectivity index (χ2v) is 9.69. The number of urea groups is 1. The van der Waals surface area contributed by atoms with Gasteiger partial charge in [-0.1, -0.05) is 30.3 Å². The van der Waals surface area contributed by atoms with Gasteiger partial charge in [0.05, 0.1) is 11.5 Å². The van der Waals surface area contributed by atoms with Crippen LogP contribution in [0.15, 0.2) is 48.5 Å². The normalized spacial score (nSPS) is 14.0. The zero-order valence-electron chi connectivity index (χ0n) is 16.9. The van der Waals surface area contributed by atoms with Crippen molar-refractivity contribution in [3.63, 3.8) is 0 Å². The summed E-state index contributed by atoms with van der Waals surface area (Å²) in [5.41, 5.74) is 3.75. The van der Waals surface area contributed by atoms with Gasteiger partial charge < -0.3 is 15.5 Å². The van der Waals surface area contributed by atoms with E-state index in [0.29, 0.717) is 13.0 Å². The Morgan fingerprint density at radius 1 is 1.07 bits per heavy atom. The van der Waals surface area contributed by atoms with E-state index in [1.54, 1.807) is 12.1 Å². The van der Waals surface area contributed by atoms with Crippen LogP contribution in [0.2, 0.25) is 0 Å². The topological polar surface area (TPSA) is 78.5 Å². The largest absolute Gasteiger partial charge is 0.372 e. The Kier molecular flexibility index (Phi) is 7.14. The van der Waals surface area contributed by atoms with Gasteiger partial charge in [0, 0.05) is 31.0 Å². The van der Waals surface area contributed by atoms with Crippen molar-refractivity contribution >= 4 is 27.2 Å². The Hall–Kier alpha value is -2.54. The SMILES string of the molecule is Cc1cc(N2CCCC2)ccc1NC(=O)NCCCS(=O)(=O)Cc1ccccc1. The Bertz CT molecular complexity index is 924. The van der Waals surface area contributed by atoms with E-state index in [-0.39, 0.29) is 17.5 Å². The molecule has 0 aromatic heterocycles. The van der Waals surface area contributed by atoms with Gasteiger partial charge in [-0.2, -0.15) is 0 Å². The van der Waals surface area contributed by atoms with E-state index in [1.165, 1.54) is 18.5 Å². The quantitative estimate of drug-likeness (QED) is 0.644. The summed E-state index contributed by atoms with van der Waals surface area (Å²) < 4.78 is 24.4. The van der Waals surface area contributed by atoms with Crippen molar-refractivity contribution in [1.82, 2.24) is 5.32 Å². The first kappa shape index (κ1) is 21.2. The molecule has 7 heteroatoms. The third kappa shape index (κ3) is 6.49. The molecule has 0 atom stereocenters. The number of hydrogen-bond acceptors (Lipinski definition) is 4. The van der Waals surface area contributed by atoms with Crippen molar-refractivity contribution in [2.24, 2.45) is 0 Å². The molecule has 1 fully saturated rings. The molecule has 2 N–H and O–H groups in total. The summed E-state index contributed by atoms with van der Waals surface area (Å²) in [5, 5.41) is 5.59. The van der Waals surface area contributed by atoms with Gasteiger partial charge in [-0.15, -0.1) is 0 Å². The van der Waals surface area contributed by atoms with Gasteiger partial charge in [-0.05, 0) is 55.5 Å². The number of amides is 2. The van der Waals surface area contributed by atoms with E-state index in [0.717, 1.165) is 29.9 Å². The summed E-state index contributed by atoms with van der Waals surface area (Å²) in [5.74, 6) is 0.0777. The molecule has 0 unspecified atom stereocenters. The lowest BCUT2D eigenvalue weighted by Gasteiger charge is -2.19. The molecule has 6 nitrogen and oxygen atoms in total. The predicted octanol–water partition coefficient (Wildman–Crippen LogP) is 3.72. The minimum absolute atomic E-state index is 0.0304. The number of benzene rings is 2. The van der Waals surface area contributed by atoms with Crippen molar-refractivity contribution < 1.29 is 13.2 Å². The summed E-state index contributed by atoms with van der Waals surface area (Å²) in [7, 11) is -3.19. The molecule has 29 heavy (non-hydrogen) atoms. The van der Waals surface area contributed by atoms with Crippen LogP contribution in [0.1, 0.15) is 30.4 Å².